The minimum atomic E-state index is -3.29. The Kier molecular flexibility index (Phi) is 3.69. The summed E-state index contributed by atoms with van der Waals surface area (Å²) in [4.78, 5) is 11.1. The van der Waals surface area contributed by atoms with Crippen LogP contribution in [0.15, 0.2) is 0 Å². The van der Waals surface area contributed by atoms with Gasteiger partial charge in [-0.1, -0.05) is 13.8 Å². The molecular formula is C12H21NO4S. The first kappa shape index (κ1) is 13.8. The van der Waals surface area contributed by atoms with E-state index in [1.807, 2.05) is 13.8 Å². The van der Waals surface area contributed by atoms with Gasteiger partial charge in [0.25, 0.3) is 0 Å². The molecule has 0 aromatic rings. The van der Waals surface area contributed by atoms with Crippen LogP contribution in [0.4, 0.5) is 0 Å². The average molecular weight is 275 g/mol. The highest BCUT2D eigenvalue weighted by Crippen LogP contribution is 2.43. The molecule has 2 aliphatic rings. The fourth-order valence-electron chi connectivity index (χ4n) is 3.13. The largest absolute Gasteiger partial charge is 0.481 e. The molecule has 0 radical (unpaired) electrons. The van der Waals surface area contributed by atoms with Gasteiger partial charge < -0.3 is 5.11 Å². The summed E-state index contributed by atoms with van der Waals surface area (Å²) in [7, 11) is -3.29. The Labute approximate surface area is 108 Å². The predicted molar refractivity (Wildman–Crippen MR) is 67.6 cm³/mol. The van der Waals surface area contributed by atoms with Crippen LogP contribution in [0.3, 0.4) is 0 Å². The molecule has 0 aliphatic carbocycles. The number of nitrogens with zero attached hydrogens (tertiary/aromatic N) is 1. The van der Waals surface area contributed by atoms with Crippen LogP contribution >= 0.6 is 0 Å². The lowest BCUT2D eigenvalue weighted by Gasteiger charge is -2.22. The number of fused-ring (bicyclic) bond motifs is 2. The smallest absolute Gasteiger partial charge is 0.308 e. The molecular weight excluding hydrogens is 254 g/mol. The summed E-state index contributed by atoms with van der Waals surface area (Å²) in [6.45, 7) is 3.99. The lowest BCUT2D eigenvalue weighted by molar-refractivity contribution is -0.142. The normalized spacial score (nSPS) is 32.3. The third-order valence-electron chi connectivity index (χ3n) is 4.06. The molecule has 2 rings (SSSR count). The predicted octanol–water partition coefficient (Wildman–Crippen LogP) is 1.30. The molecule has 0 saturated carbocycles. The highest BCUT2D eigenvalue weighted by molar-refractivity contribution is 7.89. The molecule has 0 amide bonds. The number of carboxylic acid groups (broad SMARTS) is 1. The zero-order chi connectivity index (χ0) is 13.5. The number of carbonyl (C=O) groups is 1. The highest BCUT2D eigenvalue weighted by atomic mass is 32.2. The van der Waals surface area contributed by atoms with E-state index in [2.05, 4.69) is 0 Å². The molecule has 1 N–H and O–H groups in total. The van der Waals surface area contributed by atoms with Gasteiger partial charge in [-0.05, 0) is 31.6 Å². The third-order valence-corrected chi connectivity index (χ3v) is 6.03. The molecule has 2 heterocycles. The van der Waals surface area contributed by atoms with Gasteiger partial charge in [0.15, 0.2) is 0 Å². The van der Waals surface area contributed by atoms with E-state index in [0.717, 1.165) is 6.42 Å². The number of sulfonamides is 1. The number of aliphatic carboxylic acids is 1. The monoisotopic (exact) mass is 275 g/mol. The van der Waals surface area contributed by atoms with Crippen molar-refractivity contribution in [3.05, 3.63) is 0 Å². The summed E-state index contributed by atoms with van der Waals surface area (Å²) in [5.41, 5.74) is 0. The first-order valence-corrected chi connectivity index (χ1v) is 8.18. The standard InChI is InChI=1S/C12H21NO4S/c1-8(2)5-6-18(16,17)13-9-3-4-11(13)10(7-9)12(14)15/h8-11H,3-7H2,1-2H3,(H,14,15). The lowest BCUT2D eigenvalue weighted by atomic mass is 9.89. The molecule has 2 saturated heterocycles. The van der Waals surface area contributed by atoms with Crippen LogP contribution in [0, 0.1) is 11.8 Å². The van der Waals surface area contributed by atoms with Gasteiger partial charge in [0.05, 0.1) is 11.7 Å². The summed E-state index contributed by atoms with van der Waals surface area (Å²) >= 11 is 0. The maximum absolute atomic E-state index is 12.3. The van der Waals surface area contributed by atoms with Crippen molar-refractivity contribution in [2.45, 2.75) is 51.6 Å². The van der Waals surface area contributed by atoms with E-state index in [0.29, 0.717) is 25.2 Å². The number of hydrogen-bond donors (Lipinski definition) is 1. The van der Waals surface area contributed by atoms with Crippen molar-refractivity contribution in [2.75, 3.05) is 5.75 Å². The molecule has 18 heavy (non-hydrogen) atoms. The zero-order valence-electron chi connectivity index (χ0n) is 10.9. The molecule has 0 aromatic carbocycles. The van der Waals surface area contributed by atoms with Crippen molar-refractivity contribution in [1.82, 2.24) is 4.31 Å². The second-order valence-electron chi connectivity index (χ2n) is 5.81. The lowest BCUT2D eigenvalue weighted by Crippen LogP contribution is -2.39. The van der Waals surface area contributed by atoms with Crippen molar-refractivity contribution in [1.29, 1.82) is 0 Å². The van der Waals surface area contributed by atoms with E-state index in [9.17, 15) is 13.2 Å². The van der Waals surface area contributed by atoms with Gasteiger partial charge in [-0.25, -0.2) is 8.42 Å². The highest BCUT2D eigenvalue weighted by Gasteiger charge is 2.53. The summed E-state index contributed by atoms with van der Waals surface area (Å²) in [6.07, 6.45) is 2.63. The summed E-state index contributed by atoms with van der Waals surface area (Å²) in [5.74, 6) is -0.872. The zero-order valence-corrected chi connectivity index (χ0v) is 11.7. The van der Waals surface area contributed by atoms with E-state index in [4.69, 9.17) is 5.11 Å². The van der Waals surface area contributed by atoms with Crippen LogP contribution in [0.25, 0.3) is 0 Å². The first-order valence-electron chi connectivity index (χ1n) is 6.57. The Bertz CT molecular complexity index is 431. The van der Waals surface area contributed by atoms with Crippen LogP contribution in [0.5, 0.6) is 0 Å². The van der Waals surface area contributed by atoms with Crippen molar-refractivity contribution in [2.24, 2.45) is 11.8 Å². The Morgan fingerprint density at radius 3 is 2.56 bits per heavy atom. The van der Waals surface area contributed by atoms with Crippen LogP contribution < -0.4 is 0 Å². The van der Waals surface area contributed by atoms with Gasteiger partial charge >= 0.3 is 5.97 Å². The summed E-state index contributed by atoms with van der Waals surface area (Å²) in [5, 5.41) is 9.12. The van der Waals surface area contributed by atoms with E-state index in [1.165, 1.54) is 4.31 Å². The van der Waals surface area contributed by atoms with Gasteiger partial charge in [-0.15, -0.1) is 0 Å². The molecule has 2 fully saturated rings. The SMILES string of the molecule is CC(C)CCS(=O)(=O)N1C2CCC1C(C(=O)O)C2. The van der Waals surface area contributed by atoms with E-state index >= 15 is 0 Å². The quantitative estimate of drug-likeness (QED) is 0.820. The molecule has 3 unspecified atom stereocenters. The molecule has 0 spiro atoms. The molecule has 5 nitrogen and oxygen atoms in total. The fourth-order valence-corrected chi connectivity index (χ4v) is 5.42. The molecule has 104 valence electrons. The van der Waals surface area contributed by atoms with Gasteiger partial charge in [-0.3, -0.25) is 4.79 Å². The van der Waals surface area contributed by atoms with Gasteiger partial charge in [-0.2, -0.15) is 4.31 Å². The van der Waals surface area contributed by atoms with Gasteiger partial charge in [0.1, 0.15) is 0 Å². The van der Waals surface area contributed by atoms with Crippen LogP contribution in [0.2, 0.25) is 0 Å². The van der Waals surface area contributed by atoms with Crippen LogP contribution in [0.1, 0.15) is 39.5 Å². The maximum atomic E-state index is 12.3. The van der Waals surface area contributed by atoms with Crippen molar-refractivity contribution < 1.29 is 18.3 Å². The summed E-state index contributed by atoms with van der Waals surface area (Å²) in [6, 6.07) is -0.377. The van der Waals surface area contributed by atoms with Crippen molar-refractivity contribution >= 4 is 16.0 Å². The second-order valence-corrected chi connectivity index (χ2v) is 7.80. The van der Waals surface area contributed by atoms with Crippen LogP contribution in [-0.4, -0.2) is 41.6 Å². The molecule has 2 bridgehead atoms. The van der Waals surface area contributed by atoms with Crippen molar-refractivity contribution in [3.63, 3.8) is 0 Å². The third kappa shape index (κ3) is 2.40. The second kappa shape index (κ2) is 4.81. The van der Waals surface area contributed by atoms with E-state index in [1.54, 1.807) is 0 Å². The van der Waals surface area contributed by atoms with Gasteiger partial charge in [0, 0.05) is 12.1 Å². The topological polar surface area (TPSA) is 74.7 Å². The number of carboxylic acids is 1. The van der Waals surface area contributed by atoms with E-state index in [-0.39, 0.29) is 17.8 Å². The Hall–Kier alpha value is -0.620. The molecule has 6 heteroatoms. The van der Waals surface area contributed by atoms with Crippen molar-refractivity contribution in [3.8, 4) is 0 Å². The minimum Gasteiger partial charge on any atom is -0.481 e. The average Bonchev–Trinajstić information content (AvgIpc) is 2.84. The minimum absolute atomic E-state index is 0.0757. The first-order chi connectivity index (χ1) is 8.33. The number of hydrogen-bond acceptors (Lipinski definition) is 3. The molecule has 3 atom stereocenters. The summed E-state index contributed by atoms with van der Waals surface area (Å²) < 4.78 is 26.1. The Morgan fingerprint density at radius 1 is 1.39 bits per heavy atom. The van der Waals surface area contributed by atoms with Gasteiger partial charge in [0.2, 0.25) is 10.0 Å². The van der Waals surface area contributed by atoms with Crippen LogP contribution in [-0.2, 0) is 14.8 Å². The molecule has 2 aliphatic heterocycles. The molecule has 0 aromatic heterocycles. The Balaban J connectivity index is 2.12. The van der Waals surface area contributed by atoms with E-state index < -0.39 is 21.9 Å². The maximum Gasteiger partial charge on any atom is 0.308 e. The number of rotatable bonds is 5. The Morgan fingerprint density at radius 2 is 2.06 bits per heavy atom. The fraction of sp³-hybridized carbons (Fsp3) is 0.917.